The highest BCUT2D eigenvalue weighted by atomic mass is 16.2. The molecule has 2 nitrogen and oxygen atoms in total. The maximum atomic E-state index is 12.2. The summed E-state index contributed by atoms with van der Waals surface area (Å²) < 4.78 is 0. The van der Waals surface area contributed by atoms with Crippen molar-refractivity contribution in [3.8, 4) is 0 Å². The third kappa shape index (κ3) is 3.95. The van der Waals surface area contributed by atoms with Crippen LogP contribution in [0.5, 0.6) is 0 Å². The normalized spacial score (nSPS) is 19.7. The van der Waals surface area contributed by atoms with Crippen LogP contribution in [0.1, 0.15) is 44.6 Å². The molecule has 1 aromatic carbocycles. The van der Waals surface area contributed by atoms with Gasteiger partial charge >= 0.3 is 0 Å². The van der Waals surface area contributed by atoms with Crippen molar-refractivity contribution in [3.05, 3.63) is 47.5 Å². The molecule has 0 N–H and O–H groups in total. The fourth-order valence-electron chi connectivity index (χ4n) is 2.68. The molecule has 2 rings (SSSR count). The summed E-state index contributed by atoms with van der Waals surface area (Å²) in [5.41, 5.74) is 2.44. The van der Waals surface area contributed by atoms with Crippen LogP contribution >= 0.6 is 0 Å². The third-order valence-corrected chi connectivity index (χ3v) is 3.67. The Morgan fingerprint density at radius 2 is 1.95 bits per heavy atom. The van der Waals surface area contributed by atoms with Crippen molar-refractivity contribution < 1.29 is 4.79 Å². The molecule has 1 fully saturated rings. The van der Waals surface area contributed by atoms with E-state index in [-0.39, 0.29) is 5.91 Å². The van der Waals surface area contributed by atoms with Crippen molar-refractivity contribution in [3.63, 3.8) is 0 Å². The molecular formula is C17H23NO. The Labute approximate surface area is 116 Å². The Balaban J connectivity index is 2.11. The number of benzene rings is 1. The highest BCUT2D eigenvalue weighted by molar-refractivity contribution is 5.88. The smallest absolute Gasteiger partial charge is 0.246 e. The van der Waals surface area contributed by atoms with Gasteiger partial charge in [0.15, 0.2) is 0 Å². The summed E-state index contributed by atoms with van der Waals surface area (Å²) in [5, 5.41) is 0. The molecule has 1 aliphatic heterocycles. The number of nitrogens with zero attached hydrogens (tertiary/aromatic N) is 1. The van der Waals surface area contributed by atoms with Gasteiger partial charge in [0.2, 0.25) is 5.91 Å². The van der Waals surface area contributed by atoms with Crippen molar-refractivity contribution in [2.45, 2.75) is 39.0 Å². The van der Waals surface area contributed by atoms with Gasteiger partial charge in [-0.3, -0.25) is 4.79 Å². The zero-order valence-electron chi connectivity index (χ0n) is 11.9. The van der Waals surface area contributed by atoms with Gasteiger partial charge in [0.25, 0.3) is 0 Å². The van der Waals surface area contributed by atoms with E-state index in [2.05, 4.69) is 24.3 Å². The maximum absolute atomic E-state index is 12.2. The summed E-state index contributed by atoms with van der Waals surface area (Å²) >= 11 is 0. The standard InChI is InChI=1S/C17H23NO/c1-14(2)12-17(19)18-11-7-6-10-16(13-18)15-8-4-3-5-9-15/h3-5,8-9,12,16H,6-7,10-11,13H2,1-2H3. The van der Waals surface area contributed by atoms with Crippen LogP contribution in [0.15, 0.2) is 42.0 Å². The molecule has 0 spiro atoms. The van der Waals surface area contributed by atoms with Gasteiger partial charge in [-0.15, -0.1) is 0 Å². The van der Waals surface area contributed by atoms with Crippen LogP contribution in [0.4, 0.5) is 0 Å². The van der Waals surface area contributed by atoms with Crippen LogP contribution in [-0.4, -0.2) is 23.9 Å². The summed E-state index contributed by atoms with van der Waals surface area (Å²) in [7, 11) is 0. The van der Waals surface area contributed by atoms with Gasteiger partial charge in [-0.1, -0.05) is 42.3 Å². The van der Waals surface area contributed by atoms with Gasteiger partial charge in [0.05, 0.1) is 0 Å². The van der Waals surface area contributed by atoms with Crippen molar-refractivity contribution in [1.29, 1.82) is 0 Å². The van der Waals surface area contributed by atoms with E-state index in [0.29, 0.717) is 5.92 Å². The number of hydrogen-bond donors (Lipinski definition) is 0. The Hall–Kier alpha value is -1.57. The molecular weight excluding hydrogens is 234 g/mol. The number of rotatable bonds is 2. The highest BCUT2D eigenvalue weighted by Crippen LogP contribution is 2.26. The van der Waals surface area contributed by atoms with Crippen LogP contribution in [-0.2, 0) is 4.79 Å². The summed E-state index contributed by atoms with van der Waals surface area (Å²) in [5.74, 6) is 0.654. The summed E-state index contributed by atoms with van der Waals surface area (Å²) in [4.78, 5) is 14.2. The summed E-state index contributed by atoms with van der Waals surface area (Å²) in [6.45, 7) is 5.70. The van der Waals surface area contributed by atoms with Gasteiger partial charge in [-0.25, -0.2) is 0 Å². The lowest BCUT2D eigenvalue weighted by Gasteiger charge is -2.24. The molecule has 0 aromatic heterocycles. The third-order valence-electron chi connectivity index (χ3n) is 3.67. The van der Waals surface area contributed by atoms with Crippen LogP contribution in [0.3, 0.4) is 0 Å². The number of amides is 1. The number of carbonyl (C=O) groups is 1. The zero-order valence-corrected chi connectivity index (χ0v) is 11.9. The zero-order chi connectivity index (χ0) is 13.7. The lowest BCUT2D eigenvalue weighted by Crippen LogP contribution is -2.32. The molecule has 0 bridgehead atoms. The molecule has 1 amide bonds. The van der Waals surface area contributed by atoms with Crippen LogP contribution in [0.2, 0.25) is 0 Å². The molecule has 19 heavy (non-hydrogen) atoms. The van der Waals surface area contributed by atoms with Crippen molar-refractivity contribution in [2.75, 3.05) is 13.1 Å². The largest absolute Gasteiger partial charge is 0.339 e. The second-order valence-electron chi connectivity index (χ2n) is 5.61. The minimum atomic E-state index is 0.169. The molecule has 0 saturated carbocycles. The van der Waals surface area contributed by atoms with E-state index in [4.69, 9.17) is 0 Å². The first-order valence-corrected chi connectivity index (χ1v) is 7.15. The fraction of sp³-hybridized carbons (Fsp3) is 0.471. The number of hydrogen-bond acceptors (Lipinski definition) is 1. The van der Waals surface area contributed by atoms with Gasteiger partial charge < -0.3 is 4.90 Å². The average Bonchev–Trinajstić information content (AvgIpc) is 2.65. The first-order valence-electron chi connectivity index (χ1n) is 7.15. The van der Waals surface area contributed by atoms with Crippen molar-refractivity contribution in [2.24, 2.45) is 0 Å². The Morgan fingerprint density at radius 3 is 2.63 bits per heavy atom. The number of likely N-dealkylation sites (tertiary alicyclic amines) is 1. The van der Waals surface area contributed by atoms with Crippen LogP contribution < -0.4 is 0 Å². The molecule has 0 radical (unpaired) electrons. The molecule has 1 aliphatic rings. The number of allylic oxidation sites excluding steroid dienone is 1. The van der Waals surface area contributed by atoms with E-state index in [1.54, 1.807) is 6.08 Å². The SMILES string of the molecule is CC(C)=CC(=O)N1CCCCC(c2ccccc2)C1. The van der Waals surface area contributed by atoms with Crippen molar-refractivity contribution in [1.82, 2.24) is 4.90 Å². The molecule has 1 aromatic rings. The predicted molar refractivity (Wildman–Crippen MR) is 79.0 cm³/mol. The van der Waals surface area contributed by atoms with Crippen LogP contribution in [0, 0.1) is 0 Å². The molecule has 1 unspecified atom stereocenters. The van der Waals surface area contributed by atoms with Gasteiger partial charge in [-0.2, -0.15) is 0 Å². The summed E-state index contributed by atoms with van der Waals surface area (Å²) in [6.07, 6.45) is 5.26. The molecule has 1 saturated heterocycles. The van der Waals surface area contributed by atoms with Crippen LogP contribution in [0.25, 0.3) is 0 Å². The predicted octanol–water partition coefficient (Wildman–Crippen LogP) is 3.75. The second-order valence-corrected chi connectivity index (χ2v) is 5.61. The minimum Gasteiger partial charge on any atom is -0.339 e. The second kappa shape index (κ2) is 6.55. The topological polar surface area (TPSA) is 20.3 Å². The molecule has 1 heterocycles. The summed E-state index contributed by atoms with van der Waals surface area (Å²) in [6, 6.07) is 10.6. The number of carbonyl (C=O) groups excluding carboxylic acids is 1. The molecule has 102 valence electrons. The Bertz CT molecular complexity index is 446. The first kappa shape index (κ1) is 13.9. The lowest BCUT2D eigenvalue weighted by molar-refractivity contribution is -0.126. The van der Waals surface area contributed by atoms with Gasteiger partial charge in [-0.05, 0) is 32.3 Å². The molecule has 2 heteroatoms. The Morgan fingerprint density at radius 1 is 1.21 bits per heavy atom. The molecule has 0 aliphatic carbocycles. The Kier molecular flexibility index (Phi) is 4.78. The highest BCUT2D eigenvalue weighted by Gasteiger charge is 2.21. The monoisotopic (exact) mass is 257 g/mol. The molecule has 1 atom stereocenters. The maximum Gasteiger partial charge on any atom is 0.246 e. The van der Waals surface area contributed by atoms with E-state index in [0.717, 1.165) is 25.1 Å². The van der Waals surface area contributed by atoms with E-state index in [1.165, 1.54) is 18.4 Å². The van der Waals surface area contributed by atoms with E-state index in [1.807, 2.05) is 24.8 Å². The quantitative estimate of drug-likeness (QED) is 0.739. The van der Waals surface area contributed by atoms with E-state index < -0.39 is 0 Å². The van der Waals surface area contributed by atoms with Gasteiger partial charge in [0, 0.05) is 25.1 Å². The van der Waals surface area contributed by atoms with E-state index >= 15 is 0 Å². The van der Waals surface area contributed by atoms with E-state index in [9.17, 15) is 4.79 Å². The first-order chi connectivity index (χ1) is 9.16. The van der Waals surface area contributed by atoms with Gasteiger partial charge in [0.1, 0.15) is 0 Å². The fourth-order valence-corrected chi connectivity index (χ4v) is 2.68. The minimum absolute atomic E-state index is 0.169. The lowest BCUT2D eigenvalue weighted by atomic mass is 9.94. The van der Waals surface area contributed by atoms with Crippen molar-refractivity contribution >= 4 is 5.91 Å². The average molecular weight is 257 g/mol.